The molecule has 0 aromatic carbocycles. The van der Waals surface area contributed by atoms with Gasteiger partial charge in [-0.25, -0.2) is 9.78 Å². The average Bonchev–Trinajstić information content (AvgIpc) is 2.93. The van der Waals surface area contributed by atoms with Crippen LogP contribution in [-0.2, 0) is 5.75 Å². The Balaban J connectivity index is 2.00. The molecule has 2 rings (SSSR count). The van der Waals surface area contributed by atoms with Gasteiger partial charge >= 0.3 is 5.97 Å². The van der Waals surface area contributed by atoms with E-state index in [4.69, 9.17) is 5.11 Å². The van der Waals surface area contributed by atoms with Crippen molar-refractivity contribution in [2.24, 2.45) is 0 Å². The lowest BCUT2D eigenvalue weighted by molar-refractivity contribution is 0.0690. The van der Waals surface area contributed by atoms with Crippen molar-refractivity contribution in [2.45, 2.75) is 37.0 Å². The molecule has 0 aliphatic heterocycles. The molecule has 5 nitrogen and oxygen atoms in total. The molecule has 0 amide bonds. The smallest absolute Gasteiger partial charge is 0.354 e. The summed E-state index contributed by atoms with van der Waals surface area (Å²) >= 11 is 1.56. The van der Waals surface area contributed by atoms with Crippen LogP contribution in [-0.4, -0.2) is 25.8 Å². The lowest BCUT2D eigenvalue weighted by atomic mass is 10.3. The van der Waals surface area contributed by atoms with Gasteiger partial charge in [0.25, 0.3) is 0 Å². The SMILES string of the molecule is CCC(C)n1ccc(CSc2ccnc(C(=O)O)c2)n1. The molecule has 1 unspecified atom stereocenters. The summed E-state index contributed by atoms with van der Waals surface area (Å²) in [4.78, 5) is 15.5. The molecule has 2 aromatic heterocycles. The van der Waals surface area contributed by atoms with Crippen LogP contribution in [0, 0.1) is 0 Å². The molecule has 0 saturated heterocycles. The number of carbonyl (C=O) groups is 1. The number of nitrogens with zero attached hydrogens (tertiary/aromatic N) is 3. The van der Waals surface area contributed by atoms with Crippen LogP contribution in [0.5, 0.6) is 0 Å². The minimum Gasteiger partial charge on any atom is -0.477 e. The molecule has 6 heteroatoms. The molecule has 0 saturated carbocycles. The zero-order chi connectivity index (χ0) is 14.5. The van der Waals surface area contributed by atoms with E-state index in [0.717, 1.165) is 17.0 Å². The second-order valence-corrected chi connectivity index (χ2v) is 5.56. The fourth-order valence-corrected chi connectivity index (χ4v) is 2.48. The largest absolute Gasteiger partial charge is 0.477 e. The summed E-state index contributed by atoms with van der Waals surface area (Å²) < 4.78 is 1.96. The number of hydrogen-bond donors (Lipinski definition) is 1. The normalized spacial score (nSPS) is 12.3. The number of carboxylic acids is 1. The van der Waals surface area contributed by atoms with Crippen LogP contribution >= 0.6 is 11.8 Å². The number of aromatic carboxylic acids is 1. The van der Waals surface area contributed by atoms with Crippen molar-refractivity contribution in [2.75, 3.05) is 0 Å². The third kappa shape index (κ3) is 3.60. The molecule has 20 heavy (non-hydrogen) atoms. The first kappa shape index (κ1) is 14.6. The molecule has 0 spiro atoms. The first-order chi connectivity index (χ1) is 9.60. The minimum absolute atomic E-state index is 0.0696. The third-order valence-electron chi connectivity index (χ3n) is 3.04. The standard InChI is InChI=1S/C14H17N3O2S/c1-3-10(2)17-7-5-11(16-17)9-20-12-4-6-15-13(8-12)14(18)19/h4-8,10H,3,9H2,1-2H3,(H,18,19). The number of carboxylic acid groups (broad SMARTS) is 1. The summed E-state index contributed by atoms with van der Waals surface area (Å²) in [5, 5.41) is 13.4. The van der Waals surface area contributed by atoms with Gasteiger partial charge in [0.05, 0.1) is 5.69 Å². The maximum Gasteiger partial charge on any atom is 0.354 e. The zero-order valence-corrected chi connectivity index (χ0v) is 12.3. The molecule has 1 atom stereocenters. The molecular formula is C14H17N3O2S. The van der Waals surface area contributed by atoms with E-state index in [2.05, 4.69) is 23.9 Å². The monoisotopic (exact) mass is 291 g/mol. The quantitative estimate of drug-likeness (QED) is 0.827. The van der Waals surface area contributed by atoms with Crippen LogP contribution in [0.15, 0.2) is 35.5 Å². The lowest BCUT2D eigenvalue weighted by Gasteiger charge is -2.08. The van der Waals surface area contributed by atoms with E-state index in [1.165, 1.54) is 6.20 Å². The Kier molecular flexibility index (Phi) is 4.79. The number of thioether (sulfide) groups is 1. The van der Waals surface area contributed by atoms with Crippen LogP contribution in [0.4, 0.5) is 0 Å². The molecular weight excluding hydrogens is 274 g/mol. The predicted octanol–water partition coefficient (Wildman–Crippen LogP) is 3.24. The number of hydrogen-bond acceptors (Lipinski definition) is 4. The Morgan fingerprint density at radius 1 is 1.50 bits per heavy atom. The first-order valence-corrected chi connectivity index (χ1v) is 7.45. The topological polar surface area (TPSA) is 68.0 Å². The first-order valence-electron chi connectivity index (χ1n) is 6.46. The number of rotatable bonds is 6. The van der Waals surface area contributed by atoms with E-state index in [9.17, 15) is 4.79 Å². The summed E-state index contributed by atoms with van der Waals surface area (Å²) in [6.45, 7) is 4.26. The van der Waals surface area contributed by atoms with Crippen molar-refractivity contribution in [3.05, 3.63) is 42.0 Å². The summed E-state index contributed by atoms with van der Waals surface area (Å²) in [5.74, 6) is -0.291. The fraction of sp³-hybridized carbons (Fsp3) is 0.357. The molecule has 0 aliphatic rings. The maximum absolute atomic E-state index is 10.9. The van der Waals surface area contributed by atoms with Crippen molar-refractivity contribution < 1.29 is 9.90 Å². The van der Waals surface area contributed by atoms with Crippen molar-refractivity contribution >= 4 is 17.7 Å². The second kappa shape index (κ2) is 6.56. The third-order valence-corrected chi connectivity index (χ3v) is 4.07. The Morgan fingerprint density at radius 2 is 2.30 bits per heavy atom. The van der Waals surface area contributed by atoms with Crippen LogP contribution in [0.1, 0.15) is 42.5 Å². The Labute approximate surface area is 122 Å². The van der Waals surface area contributed by atoms with Gasteiger partial charge in [-0.3, -0.25) is 4.68 Å². The lowest BCUT2D eigenvalue weighted by Crippen LogP contribution is -2.04. The van der Waals surface area contributed by atoms with Crippen molar-refractivity contribution in [1.82, 2.24) is 14.8 Å². The number of aromatic nitrogens is 3. The Hall–Kier alpha value is -1.82. The molecule has 106 valence electrons. The van der Waals surface area contributed by atoms with Crippen LogP contribution in [0.25, 0.3) is 0 Å². The highest BCUT2D eigenvalue weighted by atomic mass is 32.2. The van der Waals surface area contributed by atoms with Crippen molar-refractivity contribution in [3.63, 3.8) is 0 Å². The van der Waals surface area contributed by atoms with Gasteiger partial charge in [-0.2, -0.15) is 5.10 Å². The molecule has 2 aromatic rings. The van der Waals surface area contributed by atoms with Crippen LogP contribution in [0.2, 0.25) is 0 Å². The van der Waals surface area contributed by atoms with Crippen LogP contribution in [0.3, 0.4) is 0 Å². The Bertz CT molecular complexity index is 598. The van der Waals surface area contributed by atoms with Gasteiger partial charge < -0.3 is 5.11 Å². The second-order valence-electron chi connectivity index (χ2n) is 4.51. The summed E-state index contributed by atoms with van der Waals surface area (Å²) in [7, 11) is 0. The van der Waals surface area contributed by atoms with Gasteiger partial charge in [-0.15, -0.1) is 11.8 Å². The van der Waals surface area contributed by atoms with Gasteiger partial charge in [0.1, 0.15) is 5.69 Å². The van der Waals surface area contributed by atoms with E-state index >= 15 is 0 Å². The van der Waals surface area contributed by atoms with Gasteiger partial charge in [-0.05, 0) is 31.5 Å². The van der Waals surface area contributed by atoms with Gasteiger partial charge in [0, 0.05) is 29.1 Å². The molecule has 0 fully saturated rings. The highest BCUT2D eigenvalue weighted by Gasteiger charge is 2.07. The average molecular weight is 291 g/mol. The minimum atomic E-state index is -1.01. The molecule has 0 aliphatic carbocycles. The fourth-order valence-electron chi connectivity index (χ4n) is 1.66. The number of pyridine rings is 1. The van der Waals surface area contributed by atoms with Gasteiger partial charge in [0.15, 0.2) is 0 Å². The molecule has 2 heterocycles. The zero-order valence-electron chi connectivity index (χ0n) is 11.5. The van der Waals surface area contributed by atoms with E-state index in [0.29, 0.717) is 11.8 Å². The maximum atomic E-state index is 10.9. The summed E-state index contributed by atoms with van der Waals surface area (Å²) in [5.41, 5.74) is 1.06. The molecule has 0 bridgehead atoms. The van der Waals surface area contributed by atoms with E-state index in [1.54, 1.807) is 17.8 Å². The van der Waals surface area contributed by atoms with Gasteiger partial charge in [0.2, 0.25) is 0 Å². The van der Waals surface area contributed by atoms with Crippen molar-refractivity contribution in [1.29, 1.82) is 0 Å². The highest BCUT2D eigenvalue weighted by Crippen LogP contribution is 2.22. The Morgan fingerprint density at radius 3 is 3.00 bits per heavy atom. The van der Waals surface area contributed by atoms with Crippen LogP contribution < -0.4 is 0 Å². The van der Waals surface area contributed by atoms with E-state index < -0.39 is 5.97 Å². The van der Waals surface area contributed by atoms with E-state index in [1.807, 2.05) is 23.0 Å². The van der Waals surface area contributed by atoms with E-state index in [-0.39, 0.29) is 5.69 Å². The molecule has 1 N–H and O–H groups in total. The summed E-state index contributed by atoms with van der Waals surface area (Å²) in [6, 6.07) is 5.79. The summed E-state index contributed by atoms with van der Waals surface area (Å²) in [6.07, 6.45) is 4.55. The van der Waals surface area contributed by atoms with Gasteiger partial charge in [-0.1, -0.05) is 6.92 Å². The molecule has 0 radical (unpaired) electrons. The predicted molar refractivity (Wildman–Crippen MR) is 78.0 cm³/mol. The highest BCUT2D eigenvalue weighted by molar-refractivity contribution is 7.98. The van der Waals surface area contributed by atoms with Crippen molar-refractivity contribution in [3.8, 4) is 0 Å².